The number of carboxylic acids is 1. The molecular formula is C14H18O4. The lowest BCUT2D eigenvalue weighted by molar-refractivity contribution is 0.0693. The molecule has 0 spiro atoms. The average molecular weight is 250 g/mol. The van der Waals surface area contributed by atoms with E-state index in [0.717, 1.165) is 17.6 Å². The van der Waals surface area contributed by atoms with Crippen molar-refractivity contribution in [2.45, 2.75) is 20.0 Å². The first kappa shape index (κ1) is 14.3. The molecule has 0 fully saturated rings. The molecule has 1 rings (SSSR count). The van der Waals surface area contributed by atoms with Crippen LogP contribution in [0.2, 0.25) is 0 Å². The molecule has 0 amide bonds. The van der Waals surface area contributed by atoms with E-state index in [9.17, 15) is 4.79 Å². The molecule has 1 N–H and O–H groups in total. The molecule has 0 heterocycles. The van der Waals surface area contributed by atoms with Gasteiger partial charge < -0.3 is 14.6 Å². The fourth-order valence-electron chi connectivity index (χ4n) is 1.44. The lowest BCUT2D eigenvalue weighted by Gasteiger charge is -2.08. The normalized spacial score (nSPS) is 10.1. The van der Waals surface area contributed by atoms with Gasteiger partial charge in [-0.2, -0.15) is 0 Å². The van der Waals surface area contributed by atoms with Gasteiger partial charge in [-0.25, -0.2) is 4.79 Å². The zero-order valence-corrected chi connectivity index (χ0v) is 10.7. The van der Waals surface area contributed by atoms with Gasteiger partial charge in [0.15, 0.2) is 0 Å². The minimum Gasteiger partial charge on any atom is -0.496 e. The van der Waals surface area contributed by atoms with Crippen LogP contribution in [0.15, 0.2) is 30.4 Å². The molecule has 0 saturated heterocycles. The van der Waals surface area contributed by atoms with E-state index in [2.05, 4.69) is 6.58 Å². The van der Waals surface area contributed by atoms with Gasteiger partial charge >= 0.3 is 5.97 Å². The third-order valence-electron chi connectivity index (χ3n) is 2.44. The minimum atomic E-state index is -0.999. The Morgan fingerprint density at radius 2 is 2.17 bits per heavy atom. The number of methoxy groups -OCH3 is 1. The molecule has 0 saturated carbocycles. The lowest BCUT2D eigenvalue weighted by Crippen LogP contribution is -2.02. The molecule has 18 heavy (non-hydrogen) atoms. The van der Waals surface area contributed by atoms with Gasteiger partial charge in [0.25, 0.3) is 0 Å². The summed E-state index contributed by atoms with van der Waals surface area (Å²) in [6, 6.07) is 4.94. The van der Waals surface area contributed by atoms with Gasteiger partial charge in [-0.1, -0.05) is 11.6 Å². The molecule has 0 unspecified atom stereocenters. The number of carbonyl (C=O) groups is 1. The van der Waals surface area contributed by atoms with Crippen LogP contribution in [-0.4, -0.2) is 24.8 Å². The second-order valence-corrected chi connectivity index (χ2v) is 4.10. The van der Waals surface area contributed by atoms with Crippen molar-refractivity contribution in [1.82, 2.24) is 0 Å². The van der Waals surface area contributed by atoms with Crippen LogP contribution in [0.1, 0.15) is 29.3 Å². The van der Waals surface area contributed by atoms with Crippen LogP contribution in [0, 0.1) is 0 Å². The molecule has 4 heteroatoms. The van der Waals surface area contributed by atoms with Crippen LogP contribution < -0.4 is 4.74 Å². The average Bonchev–Trinajstić information content (AvgIpc) is 2.33. The highest BCUT2D eigenvalue weighted by Crippen LogP contribution is 2.20. The van der Waals surface area contributed by atoms with Crippen molar-refractivity contribution in [3.63, 3.8) is 0 Å². The molecule has 0 atom stereocenters. The molecule has 0 aliphatic carbocycles. The van der Waals surface area contributed by atoms with E-state index in [1.807, 2.05) is 6.92 Å². The monoisotopic (exact) mass is 250 g/mol. The highest BCUT2D eigenvalue weighted by Gasteiger charge is 2.10. The van der Waals surface area contributed by atoms with Crippen molar-refractivity contribution >= 4 is 5.97 Å². The van der Waals surface area contributed by atoms with Gasteiger partial charge in [-0.05, 0) is 31.0 Å². The van der Waals surface area contributed by atoms with E-state index < -0.39 is 5.97 Å². The van der Waals surface area contributed by atoms with Gasteiger partial charge in [-0.15, -0.1) is 6.58 Å². The molecule has 1 aromatic rings. The van der Waals surface area contributed by atoms with Crippen molar-refractivity contribution in [3.8, 4) is 5.75 Å². The van der Waals surface area contributed by atoms with Crippen molar-refractivity contribution < 1.29 is 19.4 Å². The summed E-state index contributed by atoms with van der Waals surface area (Å²) < 4.78 is 10.5. The molecule has 0 aromatic heterocycles. The number of hydrogen-bond acceptors (Lipinski definition) is 3. The molecular weight excluding hydrogens is 232 g/mol. The largest absolute Gasteiger partial charge is 0.496 e. The second-order valence-electron chi connectivity index (χ2n) is 4.10. The van der Waals surface area contributed by atoms with E-state index in [1.54, 1.807) is 12.1 Å². The van der Waals surface area contributed by atoms with Gasteiger partial charge in [0.1, 0.15) is 11.3 Å². The Morgan fingerprint density at radius 1 is 1.44 bits per heavy atom. The van der Waals surface area contributed by atoms with Crippen molar-refractivity contribution in [2.75, 3.05) is 13.7 Å². The SMILES string of the molecule is C=C(C)CCOCc1ccc(C(=O)O)c(OC)c1. The molecule has 1 aromatic carbocycles. The van der Waals surface area contributed by atoms with E-state index in [-0.39, 0.29) is 5.56 Å². The molecule has 0 aliphatic rings. The summed E-state index contributed by atoms with van der Waals surface area (Å²) in [6.45, 7) is 6.79. The first-order chi connectivity index (χ1) is 8.54. The first-order valence-corrected chi connectivity index (χ1v) is 5.67. The summed E-state index contributed by atoms with van der Waals surface area (Å²) in [7, 11) is 1.45. The van der Waals surface area contributed by atoms with Crippen LogP contribution >= 0.6 is 0 Å². The van der Waals surface area contributed by atoms with E-state index in [0.29, 0.717) is 19.0 Å². The van der Waals surface area contributed by atoms with Crippen LogP contribution in [0.3, 0.4) is 0 Å². The molecule has 0 aliphatic heterocycles. The van der Waals surface area contributed by atoms with Crippen molar-refractivity contribution in [3.05, 3.63) is 41.5 Å². The van der Waals surface area contributed by atoms with Gasteiger partial charge in [0, 0.05) is 0 Å². The highest BCUT2D eigenvalue weighted by atomic mass is 16.5. The van der Waals surface area contributed by atoms with Gasteiger partial charge in [0.2, 0.25) is 0 Å². The highest BCUT2D eigenvalue weighted by molar-refractivity contribution is 5.90. The number of benzene rings is 1. The minimum absolute atomic E-state index is 0.156. The number of rotatable bonds is 7. The van der Waals surface area contributed by atoms with Crippen LogP contribution in [0.25, 0.3) is 0 Å². The van der Waals surface area contributed by atoms with E-state index >= 15 is 0 Å². The summed E-state index contributed by atoms with van der Waals surface area (Å²) in [6.07, 6.45) is 0.824. The number of carboxylic acid groups (broad SMARTS) is 1. The maximum atomic E-state index is 10.9. The summed E-state index contributed by atoms with van der Waals surface area (Å²) >= 11 is 0. The van der Waals surface area contributed by atoms with Gasteiger partial charge in [-0.3, -0.25) is 0 Å². The smallest absolute Gasteiger partial charge is 0.339 e. The topological polar surface area (TPSA) is 55.8 Å². The Hall–Kier alpha value is -1.81. The van der Waals surface area contributed by atoms with Crippen LogP contribution in [0.5, 0.6) is 5.75 Å². The summed E-state index contributed by atoms with van der Waals surface area (Å²) in [5.41, 5.74) is 2.12. The molecule has 0 radical (unpaired) electrons. The number of ether oxygens (including phenoxy) is 2. The van der Waals surface area contributed by atoms with Crippen LogP contribution in [-0.2, 0) is 11.3 Å². The first-order valence-electron chi connectivity index (χ1n) is 5.67. The van der Waals surface area contributed by atoms with Crippen molar-refractivity contribution in [1.29, 1.82) is 0 Å². The fourth-order valence-corrected chi connectivity index (χ4v) is 1.44. The Balaban J connectivity index is 2.62. The zero-order valence-electron chi connectivity index (χ0n) is 10.7. The quantitative estimate of drug-likeness (QED) is 0.597. The molecule has 4 nitrogen and oxygen atoms in total. The summed E-state index contributed by atoms with van der Waals surface area (Å²) in [4.78, 5) is 10.9. The third kappa shape index (κ3) is 4.22. The lowest BCUT2D eigenvalue weighted by atomic mass is 10.1. The Bertz CT molecular complexity index is 437. The maximum absolute atomic E-state index is 10.9. The predicted molar refractivity (Wildman–Crippen MR) is 69.0 cm³/mol. The Morgan fingerprint density at radius 3 is 2.72 bits per heavy atom. The third-order valence-corrected chi connectivity index (χ3v) is 2.44. The Labute approximate surface area is 107 Å². The standard InChI is InChI=1S/C14H18O4/c1-10(2)6-7-18-9-11-4-5-12(14(15)16)13(8-11)17-3/h4-5,8H,1,6-7,9H2,2-3H3,(H,15,16). The number of aromatic carboxylic acids is 1. The predicted octanol–water partition coefficient (Wildman–Crippen LogP) is 2.88. The molecule has 0 bridgehead atoms. The second kappa shape index (κ2) is 6.81. The zero-order chi connectivity index (χ0) is 13.5. The summed E-state index contributed by atoms with van der Waals surface area (Å²) in [5, 5.41) is 8.94. The van der Waals surface area contributed by atoms with E-state index in [4.69, 9.17) is 14.6 Å². The Kier molecular flexibility index (Phi) is 5.39. The fraction of sp³-hybridized carbons (Fsp3) is 0.357. The van der Waals surface area contributed by atoms with Crippen molar-refractivity contribution in [2.24, 2.45) is 0 Å². The number of hydrogen-bond donors (Lipinski definition) is 1. The van der Waals surface area contributed by atoms with Gasteiger partial charge in [0.05, 0.1) is 20.3 Å². The molecule has 98 valence electrons. The maximum Gasteiger partial charge on any atom is 0.339 e. The van der Waals surface area contributed by atoms with E-state index in [1.165, 1.54) is 13.2 Å². The van der Waals surface area contributed by atoms with Crippen LogP contribution in [0.4, 0.5) is 0 Å². The summed E-state index contributed by atoms with van der Waals surface area (Å²) in [5.74, 6) is -0.648.